The van der Waals surface area contributed by atoms with Crippen LogP contribution < -0.4 is 0 Å². The molecule has 1 atom stereocenters. The van der Waals surface area contributed by atoms with Crippen LogP contribution in [0.4, 0.5) is 0 Å². The largest absolute Gasteiger partial charge is 0.481 e. The molecule has 0 aromatic heterocycles. The Labute approximate surface area is 83.2 Å². The zero-order valence-corrected chi connectivity index (χ0v) is 8.49. The van der Waals surface area contributed by atoms with Crippen LogP contribution in [-0.4, -0.2) is 22.2 Å². The summed E-state index contributed by atoms with van der Waals surface area (Å²) in [6.45, 7) is 3.38. The van der Waals surface area contributed by atoms with Gasteiger partial charge in [0.2, 0.25) is 0 Å². The molecule has 0 fully saturated rings. The highest BCUT2D eigenvalue weighted by Gasteiger charge is 2.06. The Morgan fingerprint density at radius 3 is 2.36 bits per heavy atom. The number of allylic oxidation sites excluding steroid dienone is 1. The first-order chi connectivity index (χ1) is 6.43. The van der Waals surface area contributed by atoms with Gasteiger partial charge in [-0.2, -0.15) is 0 Å². The van der Waals surface area contributed by atoms with E-state index in [4.69, 9.17) is 10.2 Å². The van der Waals surface area contributed by atoms with Crippen LogP contribution in [0, 0.1) is 5.92 Å². The van der Waals surface area contributed by atoms with Crippen molar-refractivity contribution in [3.05, 3.63) is 11.6 Å². The molecule has 0 unspecified atom stereocenters. The van der Waals surface area contributed by atoms with Crippen LogP contribution in [0.3, 0.4) is 0 Å². The highest BCUT2D eigenvalue weighted by molar-refractivity contribution is 5.85. The third-order valence-electron chi connectivity index (χ3n) is 1.97. The van der Waals surface area contributed by atoms with Gasteiger partial charge in [-0.25, -0.2) is 4.79 Å². The summed E-state index contributed by atoms with van der Waals surface area (Å²) in [5.41, 5.74) is 0.313. The Hall–Kier alpha value is -1.32. The van der Waals surface area contributed by atoms with E-state index in [0.29, 0.717) is 18.4 Å². The maximum absolute atomic E-state index is 10.4. The Bertz CT molecular complexity index is 243. The zero-order valence-electron chi connectivity index (χ0n) is 8.49. The smallest absolute Gasteiger partial charge is 0.330 e. The molecule has 0 amide bonds. The van der Waals surface area contributed by atoms with E-state index in [2.05, 4.69) is 0 Å². The SMILES string of the molecule is C/C(=C/CC[C@@H](C)CC(=O)O)C(=O)O. The van der Waals surface area contributed by atoms with Gasteiger partial charge in [-0.1, -0.05) is 13.0 Å². The van der Waals surface area contributed by atoms with Crippen LogP contribution in [0.1, 0.15) is 33.1 Å². The average molecular weight is 200 g/mol. The summed E-state index contributed by atoms with van der Waals surface area (Å²) in [6.07, 6.45) is 3.09. The van der Waals surface area contributed by atoms with Crippen LogP contribution in [0.5, 0.6) is 0 Å². The Kier molecular flexibility index (Phi) is 5.60. The molecule has 0 spiro atoms. The first-order valence-corrected chi connectivity index (χ1v) is 4.55. The van der Waals surface area contributed by atoms with Gasteiger partial charge in [0.1, 0.15) is 0 Å². The molecule has 4 nitrogen and oxygen atoms in total. The molecule has 0 saturated carbocycles. The predicted octanol–water partition coefficient (Wildman–Crippen LogP) is 1.91. The lowest BCUT2D eigenvalue weighted by Crippen LogP contribution is -2.04. The van der Waals surface area contributed by atoms with E-state index in [-0.39, 0.29) is 12.3 Å². The minimum absolute atomic E-state index is 0.0883. The average Bonchev–Trinajstić information content (AvgIpc) is 2.02. The minimum atomic E-state index is -0.920. The molecule has 0 aromatic rings. The Morgan fingerprint density at radius 2 is 1.93 bits per heavy atom. The van der Waals surface area contributed by atoms with Crippen molar-refractivity contribution in [2.24, 2.45) is 5.92 Å². The molecule has 0 radical (unpaired) electrons. The zero-order chi connectivity index (χ0) is 11.1. The maximum Gasteiger partial charge on any atom is 0.330 e. The van der Waals surface area contributed by atoms with Crippen molar-refractivity contribution in [3.63, 3.8) is 0 Å². The number of carboxylic acid groups (broad SMARTS) is 2. The fraction of sp³-hybridized carbons (Fsp3) is 0.600. The van der Waals surface area contributed by atoms with Gasteiger partial charge in [-0.3, -0.25) is 4.79 Å². The van der Waals surface area contributed by atoms with Gasteiger partial charge < -0.3 is 10.2 Å². The lowest BCUT2D eigenvalue weighted by Gasteiger charge is -2.05. The molecule has 4 heteroatoms. The van der Waals surface area contributed by atoms with Crippen LogP contribution in [-0.2, 0) is 9.59 Å². The van der Waals surface area contributed by atoms with Gasteiger partial charge in [-0.15, -0.1) is 0 Å². The van der Waals surface area contributed by atoms with E-state index in [1.54, 1.807) is 6.08 Å². The molecule has 0 heterocycles. The number of hydrogen-bond acceptors (Lipinski definition) is 2. The summed E-state index contributed by atoms with van der Waals surface area (Å²) in [5, 5.41) is 17.0. The predicted molar refractivity (Wildman–Crippen MR) is 52.0 cm³/mol. The summed E-state index contributed by atoms with van der Waals surface area (Å²) in [5.74, 6) is -1.64. The molecule has 0 saturated heterocycles. The van der Waals surface area contributed by atoms with Gasteiger partial charge in [0.25, 0.3) is 0 Å². The molecular formula is C10H16O4. The monoisotopic (exact) mass is 200 g/mol. The summed E-state index contributed by atoms with van der Waals surface area (Å²) in [4.78, 5) is 20.7. The quantitative estimate of drug-likeness (QED) is 0.642. The number of hydrogen-bond donors (Lipinski definition) is 2. The van der Waals surface area contributed by atoms with Crippen LogP contribution in [0.2, 0.25) is 0 Å². The third-order valence-corrected chi connectivity index (χ3v) is 1.97. The summed E-state index contributed by atoms with van der Waals surface area (Å²) in [7, 11) is 0. The number of carbonyl (C=O) groups is 2. The van der Waals surface area contributed by atoms with Crippen molar-refractivity contribution >= 4 is 11.9 Å². The second-order valence-electron chi connectivity index (χ2n) is 3.47. The highest BCUT2D eigenvalue weighted by atomic mass is 16.4. The third kappa shape index (κ3) is 6.22. The number of rotatable bonds is 6. The normalized spacial score (nSPS) is 13.7. The number of aliphatic carboxylic acids is 2. The van der Waals surface area contributed by atoms with Gasteiger partial charge in [-0.05, 0) is 25.7 Å². The number of carboxylic acids is 2. The minimum Gasteiger partial charge on any atom is -0.481 e. The molecule has 0 aliphatic rings. The van der Waals surface area contributed by atoms with Crippen LogP contribution in [0.15, 0.2) is 11.6 Å². The Balaban J connectivity index is 3.78. The molecule has 14 heavy (non-hydrogen) atoms. The van der Waals surface area contributed by atoms with Crippen molar-refractivity contribution in [2.45, 2.75) is 33.1 Å². The first kappa shape index (κ1) is 12.7. The van der Waals surface area contributed by atoms with E-state index in [0.717, 1.165) is 0 Å². The second-order valence-corrected chi connectivity index (χ2v) is 3.47. The first-order valence-electron chi connectivity index (χ1n) is 4.55. The molecule has 0 rings (SSSR count). The van der Waals surface area contributed by atoms with E-state index < -0.39 is 11.9 Å². The highest BCUT2D eigenvalue weighted by Crippen LogP contribution is 2.11. The Morgan fingerprint density at radius 1 is 1.36 bits per heavy atom. The van der Waals surface area contributed by atoms with Crippen LogP contribution in [0.25, 0.3) is 0 Å². The van der Waals surface area contributed by atoms with E-state index in [1.165, 1.54) is 6.92 Å². The fourth-order valence-corrected chi connectivity index (χ4v) is 1.07. The standard InChI is InChI=1S/C10H16O4/c1-7(6-9(11)12)4-3-5-8(2)10(13)14/h5,7H,3-4,6H2,1-2H3,(H,11,12)(H,13,14)/b8-5-/t7-/m1/s1. The molecule has 80 valence electrons. The van der Waals surface area contributed by atoms with Crippen LogP contribution >= 0.6 is 0 Å². The van der Waals surface area contributed by atoms with Crippen molar-refractivity contribution in [1.82, 2.24) is 0 Å². The molecule has 2 N–H and O–H groups in total. The topological polar surface area (TPSA) is 74.6 Å². The molecular weight excluding hydrogens is 184 g/mol. The van der Waals surface area contributed by atoms with E-state index >= 15 is 0 Å². The van der Waals surface area contributed by atoms with Crippen molar-refractivity contribution in [2.75, 3.05) is 0 Å². The lowest BCUT2D eigenvalue weighted by molar-refractivity contribution is -0.138. The van der Waals surface area contributed by atoms with Gasteiger partial charge >= 0.3 is 11.9 Å². The van der Waals surface area contributed by atoms with Crippen molar-refractivity contribution in [1.29, 1.82) is 0 Å². The summed E-state index contributed by atoms with van der Waals surface area (Å²) in [6, 6.07) is 0. The van der Waals surface area contributed by atoms with Gasteiger partial charge in [0, 0.05) is 12.0 Å². The van der Waals surface area contributed by atoms with Crippen molar-refractivity contribution < 1.29 is 19.8 Å². The van der Waals surface area contributed by atoms with Gasteiger partial charge in [0.15, 0.2) is 0 Å². The molecule has 0 aliphatic carbocycles. The summed E-state index contributed by atoms with van der Waals surface area (Å²) < 4.78 is 0. The van der Waals surface area contributed by atoms with Gasteiger partial charge in [0.05, 0.1) is 0 Å². The summed E-state index contributed by atoms with van der Waals surface area (Å²) >= 11 is 0. The fourth-order valence-electron chi connectivity index (χ4n) is 1.07. The molecule has 0 aliphatic heterocycles. The van der Waals surface area contributed by atoms with Crippen molar-refractivity contribution in [3.8, 4) is 0 Å². The second kappa shape index (κ2) is 6.18. The lowest BCUT2D eigenvalue weighted by atomic mass is 10.0. The molecule has 0 aromatic carbocycles. The van der Waals surface area contributed by atoms with E-state index in [1.807, 2.05) is 6.92 Å². The van der Waals surface area contributed by atoms with E-state index in [9.17, 15) is 9.59 Å². The maximum atomic E-state index is 10.4. The molecule has 0 bridgehead atoms.